The highest BCUT2D eigenvalue weighted by Crippen LogP contribution is 2.23. The summed E-state index contributed by atoms with van der Waals surface area (Å²) >= 11 is 0. The highest BCUT2D eigenvalue weighted by Gasteiger charge is 2.24. The van der Waals surface area contributed by atoms with Crippen LogP contribution >= 0.6 is 0 Å². The van der Waals surface area contributed by atoms with Gasteiger partial charge >= 0.3 is 0 Å². The second-order valence-corrected chi connectivity index (χ2v) is 7.93. The van der Waals surface area contributed by atoms with Crippen LogP contribution in [0.15, 0.2) is 29.1 Å². The Bertz CT molecular complexity index is 793. The maximum Gasteiger partial charge on any atom is 0.266 e. The Morgan fingerprint density at radius 3 is 2.62 bits per heavy atom. The van der Waals surface area contributed by atoms with Crippen molar-refractivity contribution in [2.45, 2.75) is 51.5 Å². The van der Waals surface area contributed by atoms with Gasteiger partial charge in [-0.3, -0.25) is 4.79 Å². The first-order chi connectivity index (χ1) is 12.3. The van der Waals surface area contributed by atoms with Crippen LogP contribution in [-0.2, 0) is 12.5 Å². The van der Waals surface area contributed by atoms with E-state index in [1.54, 1.807) is 13.1 Å². The molecule has 1 N–H and O–H groups in total. The average Bonchev–Trinajstić information content (AvgIpc) is 2.62. The van der Waals surface area contributed by atoms with Crippen molar-refractivity contribution in [2.75, 3.05) is 23.3 Å². The van der Waals surface area contributed by atoms with Crippen LogP contribution in [0, 0.1) is 0 Å². The van der Waals surface area contributed by atoms with Crippen LogP contribution in [0.4, 0.5) is 11.6 Å². The monoisotopic (exact) mass is 356 g/mol. The molecule has 0 aliphatic carbocycles. The van der Waals surface area contributed by atoms with Gasteiger partial charge in [0, 0.05) is 37.7 Å². The minimum Gasteiger partial charge on any atom is -0.367 e. The number of hydrogen-bond donors (Lipinski definition) is 1. The van der Waals surface area contributed by atoms with Gasteiger partial charge in [0.1, 0.15) is 11.6 Å². The summed E-state index contributed by atoms with van der Waals surface area (Å²) < 4.78 is 1.39. The van der Waals surface area contributed by atoms with Gasteiger partial charge in [0.2, 0.25) is 0 Å². The van der Waals surface area contributed by atoms with Crippen LogP contribution in [0.5, 0.6) is 0 Å². The highest BCUT2D eigenvalue weighted by molar-refractivity contribution is 5.41. The van der Waals surface area contributed by atoms with Crippen LogP contribution in [0.25, 0.3) is 0 Å². The van der Waals surface area contributed by atoms with E-state index in [1.165, 1.54) is 11.1 Å². The largest absolute Gasteiger partial charge is 0.367 e. The second kappa shape index (κ2) is 7.43. The Morgan fingerprint density at radius 1 is 1.15 bits per heavy atom. The van der Waals surface area contributed by atoms with Crippen LogP contribution in [0.3, 0.4) is 0 Å². The lowest BCUT2D eigenvalue weighted by molar-refractivity contribution is 0.464. The van der Waals surface area contributed by atoms with Crippen molar-refractivity contribution in [1.29, 1.82) is 0 Å². The average molecular weight is 356 g/mol. The van der Waals surface area contributed by atoms with Gasteiger partial charge in [0.25, 0.3) is 5.56 Å². The fourth-order valence-corrected chi connectivity index (χ4v) is 3.21. The summed E-state index contributed by atoms with van der Waals surface area (Å²) in [5.41, 5.74) is 0.895. The Morgan fingerprint density at radius 2 is 1.96 bits per heavy atom. The van der Waals surface area contributed by atoms with Crippen LogP contribution in [-0.4, -0.2) is 39.1 Å². The fourth-order valence-electron chi connectivity index (χ4n) is 3.21. The van der Waals surface area contributed by atoms with E-state index in [2.05, 4.69) is 46.3 Å². The van der Waals surface area contributed by atoms with E-state index in [-0.39, 0.29) is 11.0 Å². The van der Waals surface area contributed by atoms with Gasteiger partial charge < -0.3 is 10.2 Å². The Hall–Kier alpha value is -2.44. The Balaban J connectivity index is 1.69. The third-order valence-electron chi connectivity index (χ3n) is 4.82. The molecule has 140 valence electrons. The zero-order valence-electron chi connectivity index (χ0n) is 16.1. The predicted molar refractivity (Wildman–Crippen MR) is 104 cm³/mol. The van der Waals surface area contributed by atoms with Crippen molar-refractivity contribution in [3.8, 4) is 0 Å². The summed E-state index contributed by atoms with van der Waals surface area (Å²) in [4.78, 5) is 13.9. The second-order valence-electron chi connectivity index (χ2n) is 7.93. The first-order valence-corrected chi connectivity index (χ1v) is 9.24. The molecule has 7 heteroatoms. The standard InChI is InChI=1S/C19H28N6O/c1-19(2,3)15-8-9-16(22-21-15)20-13-14-7-5-6-12-25(14)17-10-11-18(26)24(4)23-17/h8-11,14H,5-7,12-13H2,1-4H3,(H,20,22). The lowest BCUT2D eigenvalue weighted by atomic mass is 9.92. The Kier molecular flexibility index (Phi) is 5.25. The molecule has 1 unspecified atom stereocenters. The third-order valence-corrected chi connectivity index (χ3v) is 4.82. The topological polar surface area (TPSA) is 75.9 Å². The Labute approximate surface area is 154 Å². The molecule has 26 heavy (non-hydrogen) atoms. The molecular weight excluding hydrogens is 328 g/mol. The van der Waals surface area contributed by atoms with Gasteiger partial charge in [-0.1, -0.05) is 20.8 Å². The van der Waals surface area contributed by atoms with Crippen molar-refractivity contribution in [3.63, 3.8) is 0 Å². The number of aromatic nitrogens is 4. The number of aryl methyl sites for hydroxylation is 1. The van der Waals surface area contributed by atoms with Crippen molar-refractivity contribution in [1.82, 2.24) is 20.0 Å². The molecule has 2 aromatic rings. The van der Waals surface area contributed by atoms with Gasteiger partial charge in [0.15, 0.2) is 0 Å². The van der Waals surface area contributed by atoms with E-state index in [9.17, 15) is 4.79 Å². The number of nitrogens with zero attached hydrogens (tertiary/aromatic N) is 5. The van der Waals surface area contributed by atoms with E-state index in [0.29, 0.717) is 6.04 Å². The lowest BCUT2D eigenvalue weighted by Crippen LogP contribution is -2.45. The SMILES string of the molecule is Cn1nc(N2CCCCC2CNc2ccc(C(C)(C)C)nn2)ccc1=O. The summed E-state index contributed by atoms with van der Waals surface area (Å²) in [5, 5.41) is 16.5. The molecular formula is C19H28N6O. The quantitative estimate of drug-likeness (QED) is 0.906. The number of hydrogen-bond acceptors (Lipinski definition) is 6. The van der Waals surface area contributed by atoms with E-state index in [0.717, 1.165) is 43.3 Å². The molecule has 0 bridgehead atoms. The minimum atomic E-state index is -0.0883. The van der Waals surface area contributed by atoms with Crippen molar-refractivity contribution in [3.05, 3.63) is 40.3 Å². The molecule has 0 radical (unpaired) electrons. The zero-order chi connectivity index (χ0) is 18.7. The maximum absolute atomic E-state index is 11.6. The highest BCUT2D eigenvalue weighted by atomic mass is 16.1. The fraction of sp³-hybridized carbons (Fsp3) is 0.579. The molecule has 1 aliphatic heterocycles. The molecule has 0 amide bonds. The molecule has 2 aromatic heterocycles. The van der Waals surface area contributed by atoms with E-state index < -0.39 is 0 Å². The van der Waals surface area contributed by atoms with Gasteiger partial charge in [-0.15, -0.1) is 5.10 Å². The minimum absolute atomic E-state index is 0.000616. The molecule has 7 nitrogen and oxygen atoms in total. The molecule has 3 rings (SSSR count). The number of anilines is 2. The van der Waals surface area contributed by atoms with E-state index in [1.807, 2.05) is 18.2 Å². The molecule has 1 atom stereocenters. The summed E-state index contributed by atoms with van der Waals surface area (Å²) in [6, 6.07) is 7.74. The summed E-state index contributed by atoms with van der Waals surface area (Å²) in [6.07, 6.45) is 3.43. The summed E-state index contributed by atoms with van der Waals surface area (Å²) in [6.45, 7) is 8.11. The number of rotatable bonds is 4. The molecule has 1 saturated heterocycles. The molecule has 0 aromatic carbocycles. The molecule has 1 fully saturated rings. The van der Waals surface area contributed by atoms with E-state index >= 15 is 0 Å². The van der Waals surface area contributed by atoms with Gasteiger partial charge in [0.05, 0.1) is 5.69 Å². The summed E-state index contributed by atoms with van der Waals surface area (Å²) in [7, 11) is 1.69. The zero-order valence-corrected chi connectivity index (χ0v) is 16.1. The van der Waals surface area contributed by atoms with Gasteiger partial charge in [-0.05, 0) is 37.5 Å². The molecule has 3 heterocycles. The van der Waals surface area contributed by atoms with Gasteiger partial charge in [-0.25, -0.2) is 4.68 Å². The molecule has 1 aliphatic rings. The maximum atomic E-state index is 11.6. The molecule has 0 spiro atoms. The normalized spacial score (nSPS) is 18.0. The van der Waals surface area contributed by atoms with Crippen molar-refractivity contribution >= 4 is 11.6 Å². The first kappa shape index (κ1) is 18.4. The van der Waals surface area contributed by atoms with Crippen LogP contribution < -0.4 is 15.8 Å². The summed E-state index contributed by atoms with van der Waals surface area (Å²) in [5.74, 6) is 1.64. The van der Waals surface area contributed by atoms with Crippen LogP contribution in [0.2, 0.25) is 0 Å². The van der Waals surface area contributed by atoms with Crippen molar-refractivity contribution < 1.29 is 0 Å². The third kappa shape index (κ3) is 4.20. The first-order valence-electron chi connectivity index (χ1n) is 9.24. The lowest BCUT2D eigenvalue weighted by Gasteiger charge is -2.36. The van der Waals surface area contributed by atoms with Gasteiger partial charge in [-0.2, -0.15) is 10.2 Å². The predicted octanol–water partition coefficient (Wildman–Crippen LogP) is 2.34. The van der Waals surface area contributed by atoms with E-state index in [4.69, 9.17) is 0 Å². The smallest absolute Gasteiger partial charge is 0.266 e. The van der Waals surface area contributed by atoms with Crippen molar-refractivity contribution in [2.24, 2.45) is 7.05 Å². The number of piperidine rings is 1. The number of nitrogens with one attached hydrogen (secondary N) is 1. The molecule has 0 saturated carbocycles. The van der Waals surface area contributed by atoms with Crippen LogP contribution in [0.1, 0.15) is 45.7 Å².